The number of anilines is 2. The molecular weight excluding hydrogens is 334 g/mol. The first-order chi connectivity index (χ1) is 12.6. The third kappa shape index (κ3) is 3.81. The van der Waals surface area contributed by atoms with Crippen LogP contribution in [0.5, 0.6) is 0 Å². The number of rotatable bonds is 7. The van der Waals surface area contributed by atoms with Gasteiger partial charge in [0, 0.05) is 17.8 Å². The number of nitrogens with zero attached hydrogens (tertiary/aromatic N) is 2. The molecule has 2 amide bonds. The zero-order chi connectivity index (χ0) is 18.5. The van der Waals surface area contributed by atoms with E-state index in [1.807, 2.05) is 24.3 Å². The summed E-state index contributed by atoms with van der Waals surface area (Å²) in [5.74, 6) is -0.251. The number of aliphatic hydroxyl groups is 1. The van der Waals surface area contributed by atoms with Gasteiger partial charge in [0.2, 0.25) is 17.8 Å². The van der Waals surface area contributed by atoms with Crippen LogP contribution in [-0.2, 0) is 11.3 Å². The largest absolute Gasteiger partial charge is 0.395 e. The van der Waals surface area contributed by atoms with E-state index in [0.29, 0.717) is 23.7 Å². The van der Waals surface area contributed by atoms with Gasteiger partial charge in [-0.1, -0.05) is 12.1 Å². The Balaban J connectivity index is 1.78. The highest BCUT2D eigenvalue weighted by Crippen LogP contribution is 2.19. The number of carbonyl (C=O) groups is 2. The zero-order valence-electron chi connectivity index (χ0n) is 14.0. The molecule has 0 bridgehead atoms. The van der Waals surface area contributed by atoms with Crippen LogP contribution in [0.15, 0.2) is 48.5 Å². The predicted molar refractivity (Wildman–Crippen MR) is 98.9 cm³/mol. The molecule has 2 aromatic carbocycles. The van der Waals surface area contributed by atoms with Crippen LogP contribution in [0.4, 0.5) is 11.6 Å². The minimum absolute atomic E-state index is 0.0401. The number of hydrogen-bond acceptors (Lipinski definition) is 5. The Hall–Kier alpha value is -3.39. The van der Waals surface area contributed by atoms with Crippen LogP contribution in [-0.4, -0.2) is 39.6 Å². The molecule has 0 spiro atoms. The molecule has 134 valence electrons. The van der Waals surface area contributed by atoms with Gasteiger partial charge in [-0.3, -0.25) is 9.59 Å². The summed E-state index contributed by atoms with van der Waals surface area (Å²) in [6.07, 6.45) is 0. The molecule has 0 atom stereocenters. The fourth-order valence-corrected chi connectivity index (χ4v) is 2.60. The van der Waals surface area contributed by atoms with Crippen LogP contribution in [0.1, 0.15) is 10.4 Å². The van der Waals surface area contributed by atoms with Crippen LogP contribution in [0.2, 0.25) is 0 Å². The van der Waals surface area contributed by atoms with Gasteiger partial charge in [-0.15, -0.1) is 0 Å². The topological polar surface area (TPSA) is 122 Å². The van der Waals surface area contributed by atoms with E-state index in [9.17, 15) is 9.59 Å². The van der Waals surface area contributed by atoms with E-state index >= 15 is 0 Å². The molecule has 0 radical (unpaired) electrons. The average Bonchev–Trinajstić information content (AvgIpc) is 2.98. The summed E-state index contributed by atoms with van der Waals surface area (Å²) in [4.78, 5) is 28.0. The van der Waals surface area contributed by atoms with E-state index in [4.69, 9.17) is 10.8 Å². The summed E-state index contributed by atoms with van der Waals surface area (Å²) in [6.45, 7) is 0.340. The number of para-hydroxylation sites is 2. The van der Waals surface area contributed by atoms with Gasteiger partial charge in [0.25, 0.3) is 0 Å². The number of benzene rings is 2. The molecule has 8 heteroatoms. The van der Waals surface area contributed by atoms with Gasteiger partial charge in [0.05, 0.1) is 17.6 Å². The number of nitrogens with two attached hydrogens (primary N) is 1. The van der Waals surface area contributed by atoms with Crippen molar-refractivity contribution in [1.29, 1.82) is 0 Å². The van der Waals surface area contributed by atoms with Crippen molar-refractivity contribution in [3.8, 4) is 0 Å². The molecule has 5 N–H and O–H groups in total. The number of nitrogens with one attached hydrogen (secondary N) is 2. The van der Waals surface area contributed by atoms with Gasteiger partial charge in [-0.2, -0.15) is 0 Å². The minimum atomic E-state index is -0.521. The lowest BCUT2D eigenvalue weighted by Gasteiger charge is -2.11. The number of fused-ring (bicyclic) bond motifs is 1. The van der Waals surface area contributed by atoms with Crippen molar-refractivity contribution >= 4 is 34.5 Å². The van der Waals surface area contributed by atoms with Gasteiger partial charge in [-0.25, -0.2) is 4.98 Å². The lowest BCUT2D eigenvalue weighted by molar-refractivity contribution is -0.116. The number of carbonyl (C=O) groups excluding carboxylic acids is 2. The standard InChI is InChI=1S/C18H19N5O3/c19-17(26)12-5-7-13(8-6-12)21-16(25)11-23-15-4-2-1-3-14(15)22-18(23)20-9-10-24/h1-8,24H,9-11H2,(H2,19,26)(H,20,22)(H,21,25). The number of amides is 2. The summed E-state index contributed by atoms with van der Waals surface area (Å²) in [5, 5.41) is 14.8. The van der Waals surface area contributed by atoms with Crippen molar-refractivity contribution in [2.24, 2.45) is 5.73 Å². The lowest BCUT2D eigenvalue weighted by Crippen LogP contribution is -2.21. The van der Waals surface area contributed by atoms with Gasteiger partial charge >= 0.3 is 0 Å². The van der Waals surface area contributed by atoms with E-state index in [1.165, 1.54) is 0 Å². The Bertz CT molecular complexity index is 934. The van der Waals surface area contributed by atoms with Crippen LogP contribution in [0.3, 0.4) is 0 Å². The van der Waals surface area contributed by atoms with Gasteiger partial charge in [0.1, 0.15) is 6.54 Å². The van der Waals surface area contributed by atoms with Crippen molar-refractivity contribution in [3.63, 3.8) is 0 Å². The highest BCUT2D eigenvalue weighted by Gasteiger charge is 2.13. The molecule has 1 heterocycles. The van der Waals surface area contributed by atoms with Crippen LogP contribution in [0, 0.1) is 0 Å². The van der Waals surface area contributed by atoms with Crippen molar-refractivity contribution in [3.05, 3.63) is 54.1 Å². The predicted octanol–water partition coefficient (Wildman–Crippen LogP) is 1.18. The first-order valence-electron chi connectivity index (χ1n) is 8.08. The lowest BCUT2D eigenvalue weighted by atomic mass is 10.2. The van der Waals surface area contributed by atoms with Gasteiger partial charge in [0.15, 0.2) is 0 Å². The number of imidazole rings is 1. The number of aliphatic hydroxyl groups excluding tert-OH is 1. The maximum Gasteiger partial charge on any atom is 0.248 e. The molecule has 0 saturated heterocycles. The molecule has 0 aliphatic heterocycles. The number of primary amides is 1. The highest BCUT2D eigenvalue weighted by molar-refractivity contribution is 5.95. The second kappa shape index (κ2) is 7.66. The number of hydrogen-bond donors (Lipinski definition) is 4. The summed E-state index contributed by atoms with van der Waals surface area (Å²) in [5.41, 5.74) is 7.71. The van der Waals surface area contributed by atoms with Gasteiger partial charge in [-0.05, 0) is 36.4 Å². The molecule has 8 nitrogen and oxygen atoms in total. The Morgan fingerprint density at radius 3 is 2.54 bits per heavy atom. The van der Waals surface area contributed by atoms with Crippen molar-refractivity contribution in [2.75, 3.05) is 23.8 Å². The number of aromatic nitrogens is 2. The van der Waals surface area contributed by atoms with Crippen molar-refractivity contribution in [2.45, 2.75) is 6.54 Å². The molecule has 3 aromatic rings. The molecule has 0 aliphatic carbocycles. The van der Waals surface area contributed by atoms with Crippen LogP contribution >= 0.6 is 0 Å². The highest BCUT2D eigenvalue weighted by atomic mass is 16.3. The Morgan fingerprint density at radius 1 is 1.12 bits per heavy atom. The summed E-state index contributed by atoms with van der Waals surface area (Å²) in [6, 6.07) is 13.8. The third-order valence-electron chi connectivity index (χ3n) is 3.80. The summed E-state index contributed by atoms with van der Waals surface area (Å²) >= 11 is 0. The first-order valence-corrected chi connectivity index (χ1v) is 8.08. The summed E-state index contributed by atoms with van der Waals surface area (Å²) < 4.78 is 1.75. The van der Waals surface area contributed by atoms with E-state index in [2.05, 4.69) is 15.6 Å². The molecule has 0 saturated carbocycles. The smallest absolute Gasteiger partial charge is 0.248 e. The monoisotopic (exact) mass is 353 g/mol. The molecule has 0 fully saturated rings. The van der Waals surface area contributed by atoms with Crippen LogP contribution < -0.4 is 16.4 Å². The van der Waals surface area contributed by atoms with Crippen molar-refractivity contribution in [1.82, 2.24) is 9.55 Å². The Kier molecular flexibility index (Phi) is 5.14. The Labute approximate surface area is 149 Å². The molecule has 3 rings (SSSR count). The zero-order valence-corrected chi connectivity index (χ0v) is 14.0. The molecule has 1 aromatic heterocycles. The van der Waals surface area contributed by atoms with E-state index in [-0.39, 0.29) is 19.1 Å². The normalized spacial score (nSPS) is 10.7. The van der Waals surface area contributed by atoms with E-state index < -0.39 is 5.91 Å². The Morgan fingerprint density at radius 2 is 1.85 bits per heavy atom. The van der Waals surface area contributed by atoms with E-state index in [1.54, 1.807) is 28.8 Å². The fraction of sp³-hybridized carbons (Fsp3) is 0.167. The second-order valence-electron chi connectivity index (χ2n) is 5.65. The molecule has 26 heavy (non-hydrogen) atoms. The molecule has 0 aliphatic rings. The summed E-state index contributed by atoms with van der Waals surface area (Å²) in [7, 11) is 0. The molecule has 0 unspecified atom stereocenters. The van der Waals surface area contributed by atoms with Gasteiger partial charge < -0.3 is 26.0 Å². The SMILES string of the molecule is NC(=O)c1ccc(NC(=O)Cn2c(NCCO)nc3ccccc32)cc1. The maximum atomic E-state index is 12.4. The maximum absolute atomic E-state index is 12.4. The average molecular weight is 353 g/mol. The van der Waals surface area contributed by atoms with Crippen molar-refractivity contribution < 1.29 is 14.7 Å². The second-order valence-corrected chi connectivity index (χ2v) is 5.65. The van der Waals surface area contributed by atoms with Crippen LogP contribution in [0.25, 0.3) is 11.0 Å². The minimum Gasteiger partial charge on any atom is -0.395 e. The van der Waals surface area contributed by atoms with E-state index in [0.717, 1.165) is 11.0 Å². The molecular formula is C18H19N5O3. The fourth-order valence-electron chi connectivity index (χ4n) is 2.60. The third-order valence-corrected chi connectivity index (χ3v) is 3.80. The first kappa shape index (κ1) is 17.4. The quantitative estimate of drug-likeness (QED) is 0.508.